The van der Waals surface area contributed by atoms with Gasteiger partial charge in [0.05, 0.1) is 6.61 Å². The maximum atomic E-state index is 14.9. The van der Waals surface area contributed by atoms with Crippen molar-refractivity contribution < 1.29 is 22.8 Å². The Labute approximate surface area is 229 Å². The normalized spacial score (nSPS) is 14.3. The Morgan fingerprint density at radius 1 is 0.711 bits per heavy atom. The standard InChI is InChI=1S/C32H47BF2O3/c1-3-5-7-9-10-11-13-15-23-36-30-22-21-29(31(34)32(30)35)27-17-19-28(20-18-27)33-37-24-26(25-38-33)16-14-12-8-6-4-2/h17-22,26H,3-16,23-25H2,1-2H3. The molecular weight excluding hydrogens is 481 g/mol. The fourth-order valence-corrected chi connectivity index (χ4v) is 5.04. The van der Waals surface area contributed by atoms with Crippen molar-refractivity contribution in [2.75, 3.05) is 19.8 Å². The smallest absolute Gasteiger partial charge is 0.490 e. The first-order valence-corrected chi connectivity index (χ1v) is 15.1. The van der Waals surface area contributed by atoms with Gasteiger partial charge in [-0.2, -0.15) is 4.39 Å². The van der Waals surface area contributed by atoms with E-state index in [1.165, 1.54) is 70.3 Å². The molecule has 3 rings (SSSR count). The lowest BCUT2D eigenvalue weighted by Crippen LogP contribution is -2.44. The SMILES string of the molecule is CCCCCCCCCCOc1ccc(-c2ccc(B3OCC(CCCCCCC)CO3)cc2)c(F)c1F. The minimum absolute atomic E-state index is 0.0188. The summed E-state index contributed by atoms with van der Waals surface area (Å²) in [5, 5.41) is 0. The summed E-state index contributed by atoms with van der Waals surface area (Å²) in [5.41, 5.74) is 1.73. The number of hydrogen-bond acceptors (Lipinski definition) is 3. The van der Waals surface area contributed by atoms with Gasteiger partial charge in [0.15, 0.2) is 11.6 Å². The van der Waals surface area contributed by atoms with E-state index in [0.717, 1.165) is 31.1 Å². The lowest BCUT2D eigenvalue weighted by atomic mass is 9.76. The number of rotatable bonds is 18. The molecule has 6 heteroatoms. The van der Waals surface area contributed by atoms with Gasteiger partial charge in [0.2, 0.25) is 5.82 Å². The van der Waals surface area contributed by atoms with Crippen molar-refractivity contribution in [2.24, 2.45) is 5.92 Å². The van der Waals surface area contributed by atoms with Crippen LogP contribution in [-0.4, -0.2) is 26.9 Å². The number of unbranched alkanes of at least 4 members (excludes halogenated alkanes) is 11. The van der Waals surface area contributed by atoms with E-state index < -0.39 is 18.8 Å². The summed E-state index contributed by atoms with van der Waals surface area (Å²) in [4.78, 5) is 0. The highest BCUT2D eigenvalue weighted by atomic mass is 19.2. The summed E-state index contributed by atoms with van der Waals surface area (Å²) in [7, 11) is -0.408. The lowest BCUT2D eigenvalue weighted by molar-refractivity contribution is 0.0810. The molecule has 1 fully saturated rings. The van der Waals surface area contributed by atoms with Crippen LogP contribution in [0.2, 0.25) is 0 Å². The fourth-order valence-electron chi connectivity index (χ4n) is 5.04. The fraction of sp³-hybridized carbons (Fsp3) is 0.625. The topological polar surface area (TPSA) is 27.7 Å². The predicted octanol–water partition coefficient (Wildman–Crippen LogP) is 8.87. The second-order valence-electron chi connectivity index (χ2n) is 10.8. The van der Waals surface area contributed by atoms with Gasteiger partial charge in [0, 0.05) is 24.7 Å². The highest BCUT2D eigenvalue weighted by Gasteiger charge is 2.29. The van der Waals surface area contributed by atoms with Crippen LogP contribution in [-0.2, 0) is 9.31 Å². The average Bonchev–Trinajstić information content (AvgIpc) is 2.95. The molecular formula is C32H47BF2O3. The molecule has 210 valence electrons. The molecule has 2 aromatic carbocycles. The second-order valence-corrected chi connectivity index (χ2v) is 10.8. The van der Waals surface area contributed by atoms with E-state index in [9.17, 15) is 8.78 Å². The van der Waals surface area contributed by atoms with Crippen LogP contribution in [0.25, 0.3) is 11.1 Å². The molecule has 0 bridgehead atoms. The monoisotopic (exact) mass is 528 g/mol. The van der Waals surface area contributed by atoms with E-state index in [2.05, 4.69) is 13.8 Å². The number of benzene rings is 2. The van der Waals surface area contributed by atoms with Gasteiger partial charge >= 0.3 is 7.12 Å². The molecule has 1 saturated heterocycles. The van der Waals surface area contributed by atoms with Crippen LogP contribution in [0.5, 0.6) is 5.75 Å². The van der Waals surface area contributed by atoms with Gasteiger partial charge in [0.25, 0.3) is 0 Å². The van der Waals surface area contributed by atoms with Gasteiger partial charge in [-0.15, -0.1) is 0 Å². The highest BCUT2D eigenvalue weighted by Crippen LogP contribution is 2.30. The molecule has 0 spiro atoms. The molecule has 2 aromatic rings. The van der Waals surface area contributed by atoms with E-state index in [1.807, 2.05) is 12.1 Å². The van der Waals surface area contributed by atoms with E-state index >= 15 is 0 Å². The zero-order valence-electron chi connectivity index (χ0n) is 23.6. The molecule has 0 radical (unpaired) electrons. The second kappa shape index (κ2) is 17.6. The number of hydrogen-bond donors (Lipinski definition) is 0. The quantitative estimate of drug-likeness (QED) is 0.143. The van der Waals surface area contributed by atoms with Crippen LogP contribution >= 0.6 is 0 Å². The van der Waals surface area contributed by atoms with Crippen molar-refractivity contribution in [1.82, 2.24) is 0 Å². The van der Waals surface area contributed by atoms with Crippen molar-refractivity contribution in [3.8, 4) is 16.9 Å². The molecule has 1 heterocycles. The summed E-state index contributed by atoms with van der Waals surface area (Å²) in [5.74, 6) is -1.38. The summed E-state index contributed by atoms with van der Waals surface area (Å²) < 4.78 is 47.1. The first-order chi connectivity index (χ1) is 18.6. The van der Waals surface area contributed by atoms with Gasteiger partial charge in [0.1, 0.15) is 0 Å². The number of ether oxygens (including phenoxy) is 1. The predicted molar refractivity (Wildman–Crippen MR) is 154 cm³/mol. The van der Waals surface area contributed by atoms with Crippen LogP contribution in [0.3, 0.4) is 0 Å². The lowest BCUT2D eigenvalue weighted by Gasteiger charge is -2.27. The Kier molecular flexibility index (Phi) is 14.2. The van der Waals surface area contributed by atoms with Gasteiger partial charge in [-0.3, -0.25) is 0 Å². The summed E-state index contributed by atoms with van der Waals surface area (Å²) in [6.07, 6.45) is 16.9. The molecule has 0 amide bonds. The molecule has 0 unspecified atom stereocenters. The largest absolute Gasteiger partial charge is 0.493 e. The minimum atomic E-state index is -0.925. The summed E-state index contributed by atoms with van der Waals surface area (Å²) in [6.45, 7) is 6.24. The molecule has 0 aromatic heterocycles. The third-order valence-corrected chi connectivity index (χ3v) is 7.48. The van der Waals surface area contributed by atoms with Crippen LogP contribution < -0.4 is 10.2 Å². The van der Waals surface area contributed by atoms with Crippen molar-refractivity contribution in [3.63, 3.8) is 0 Å². The van der Waals surface area contributed by atoms with Gasteiger partial charge in [-0.1, -0.05) is 115 Å². The van der Waals surface area contributed by atoms with Gasteiger partial charge < -0.3 is 14.0 Å². The van der Waals surface area contributed by atoms with Gasteiger partial charge in [-0.25, -0.2) is 4.39 Å². The molecule has 0 N–H and O–H groups in total. The first kappa shape index (κ1) is 30.6. The zero-order chi connectivity index (χ0) is 27.0. The van der Waals surface area contributed by atoms with E-state index in [0.29, 0.717) is 31.3 Å². The number of halogens is 2. The van der Waals surface area contributed by atoms with Crippen molar-refractivity contribution in [3.05, 3.63) is 48.0 Å². The molecule has 0 saturated carbocycles. The maximum Gasteiger partial charge on any atom is 0.493 e. The summed E-state index contributed by atoms with van der Waals surface area (Å²) >= 11 is 0. The highest BCUT2D eigenvalue weighted by molar-refractivity contribution is 6.61. The Balaban J connectivity index is 1.43. The van der Waals surface area contributed by atoms with Crippen LogP contribution in [0, 0.1) is 17.6 Å². The van der Waals surface area contributed by atoms with E-state index in [1.54, 1.807) is 18.2 Å². The minimum Gasteiger partial charge on any atom is -0.490 e. The van der Waals surface area contributed by atoms with Crippen LogP contribution in [0.4, 0.5) is 8.78 Å². The molecule has 1 aliphatic rings. The molecule has 38 heavy (non-hydrogen) atoms. The van der Waals surface area contributed by atoms with E-state index in [4.69, 9.17) is 14.0 Å². The van der Waals surface area contributed by atoms with Crippen LogP contribution in [0.15, 0.2) is 36.4 Å². The Morgan fingerprint density at radius 3 is 1.92 bits per heavy atom. The Hall–Kier alpha value is -1.92. The average molecular weight is 529 g/mol. The molecule has 1 aliphatic heterocycles. The Bertz CT molecular complexity index is 914. The molecule has 0 aliphatic carbocycles. The molecule has 3 nitrogen and oxygen atoms in total. The van der Waals surface area contributed by atoms with Crippen LogP contribution in [0.1, 0.15) is 104 Å². The van der Waals surface area contributed by atoms with Crippen molar-refractivity contribution in [2.45, 2.75) is 104 Å². The molecule has 0 atom stereocenters. The maximum absolute atomic E-state index is 14.9. The van der Waals surface area contributed by atoms with Gasteiger partial charge in [-0.05, 0) is 36.0 Å². The Morgan fingerprint density at radius 2 is 1.29 bits per heavy atom. The van der Waals surface area contributed by atoms with Crippen molar-refractivity contribution in [1.29, 1.82) is 0 Å². The third kappa shape index (κ3) is 10.00. The summed E-state index contributed by atoms with van der Waals surface area (Å²) in [6, 6.07) is 10.4. The van der Waals surface area contributed by atoms with Crippen molar-refractivity contribution >= 4 is 12.6 Å². The first-order valence-electron chi connectivity index (χ1n) is 15.1. The van der Waals surface area contributed by atoms with E-state index in [-0.39, 0.29) is 11.3 Å². The zero-order valence-corrected chi connectivity index (χ0v) is 23.6. The third-order valence-electron chi connectivity index (χ3n) is 7.48.